The van der Waals surface area contributed by atoms with Gasteiger partial charge < -0.3 is 4.98 Å². The van der Waals surface area contributed by atoms with Gasteiger partial charge in [0, 0.05) is 29.1 Å². The lowest BCUT2D eigenvalue weighted by Crippen LogP contribution is -1.97. The van der Waals surface area contributed by atoms with Gasteiger partial charge in [-0.1, -0.05) is 25.0 Å². The van der Waals surface area contributed by atoms with Gasteiger partial charge in [0.2, 0.25) is 0 Å². The van der Waals surface area contributed by atoms with Crippen LogP contribution in [-0.2, 0) is 0 Å². The van der Waals surface area contributed by atoms with Crippen LogP contribution in [-0.4, -0.2) is 10.8 Å². The lowest BCUT2D eigenvalue weighted by atomic mass is 10.0. The van der Waals surface area contributed by atoms with Gasteiger partial charge in [0.05, 0.1) is 0 Å². The molecule has 0 atom stereocenters. The van der Waals surface area contributed by atoms with Crippen molar-refractivity contribution < 1.29 is 4.79 Å². The number of rotatable bonds is 4. The Bertz CT molecular complexity index is 510. The third-order valence-electron chi connectivity index (χ3n) is 2.90. The fourth-order valence-corrected chi connectivity index (χ4v) is 1.94. The number of carbonyl (C=O) groups is 1. The van der Waals surface area contributed by atoms with Gasteiger partial charge in [-0.25, -0.2) is 0 Å². The summed E-state index contributed by atoms with van der Waals surface area (Å²) in [5, 5.41) is 1.06. The van der Waals surface area contributed by atoms with Crippen LogP contribution in [0.1, 0.15) is 42.1 Å². The summed E-state index contributed by atoms with van der Waals surface area (Å²) < 4.78 is 0. The quantitative estimate of drug-likeness (QED) is 0.772. The number of aromatic amines is 1. The standard InChI is InChI=1S/C14H17NO/c1-3-4-5-14(16)12-9-15-13-7-6-10(2)8-11(12)13/h6-9,15H,3-5H2,1-2H3. The van der Waals surface area contributed by atoms with Crippen molar-refractivity contribution in [1.82, 2.24) is 4.98 Å². The number of fused-ring (bicyclic) bond motifs is 1. The third kappa shape index (κ3) is 2.01. The molecule has 0 saturated heterocycles. The highest BCUT2D eigenvalue weighted by molar-refractivity contribution is 6.07. The number of Topliss-reactive ketones (excluding diaryl/α,β-unsaturated/α-hetero) is 1. The summed E-state index contributed by atoms with van der Waals surface area (Å²) in [7, 11) is 0. The van der Waals surface area contributed by atoms with E-state index in [0.29, 0.717) is 6.42 Å². The molecule has 16 heavy (non-hydrogen) atoms. The van der Waals surface area contributed by atoms with Gasteiger partial charge in [-0.2, -0.15) is 0 Å². The zero-order chi connectivity index (χ0) is 11.5. The molecule has 0 unspecified atom stereocenters. The van der Waals surface area contributed by atoms with Crippen LogP contribution in [0.4, 0.5) is 0 Å². The van der Waals surface area contributed by atoms with E-state index in [1.54, 1.807) is 0 Å². The number of H-pyrrole nitrogens is 1. The van der Waals surface area contributed by atoms with Gasteiger partial charge >= 0.3 is 0 Å². The second kappa shape index (κ2) is 4.52. The minimum atomic E-state index is 0.249. The predicted molar refractivity (Wildman–Crippen MR) is 66.9 cm³/mol. The average molecular weight is 215 g/mol. The number of aryl methyl sites for hydroxylation is 1. The van der Waals surface area contributed by atoms with E-state index < -0.39 is 0 Å². The third-order valence-corrected chi connectivity index (χ3v) is 2.90. The Morgan fingerprint density at radius 2 is 2.19 bits per heavy atom. The molecule has 0 saturated carbocycles. The molecule has 0 aliphatic carbocycles. The van der Waals surface area contributed by atoms with Gasteiger partial charge in [0.1, 0.15) is 0 Å². The summed E-state index contributed by atoms with van der Waals surface area (Å²) in [4.78, 5) is 15.1. The molecular formula is C14H17NO. The van der Waals surface area contributed by atoms with E-state index in [1.807, 2.05) is 19.2 Å². The van der Waals surface area contributed by atoms with Crippen LogP contribution in [0, 0.1) is 6.92 Å². The summed E-state index contributed by atoms with van der Waals surface area (Å²) in [5.41, 5.74) is 3.08. The molecule has 0 bridgehead atoms. The molecule has 2 heteroatoms. The summed E-state index contributed by atoms with van der Waals surface area (Å²) in [5.74, 6) is 0.249. The summed E-state index contributed by atoms with van der Waals surface area (Å²) in [6.07, 6.45) is 4.52. The van der Waals surface area contributed by atoms with Crippen molar-refractivity contribution in [2.45, 2.75) is 33.1 Å². The van der Waals surface area contributed by atoms with Crippen LogP contribution in [0.2, 0.25) is 0 Å². The van der Waals surface area contributed by atoms with Crippen LogP contribution in [0.25, 0.3) is 10.9 Å². The van der Waals surface area contributed by atoms with Crippen LogP contribution < -0.4 is 0 Å². The second-order valence-corrected chi connectivity index (χ2v) is 4.28. The van der Waals surface area contributed by atoms with E-state index >= 15 is 0 Å². The van der Waals surface area contributed by atoms with Crippen LogP contribution in [0.5, 0.6) is 0 Å². The van der Waals surface area contributed by atoms with E-state index in [0.717, 1.165) is 29.3 Å². The minimum absolute atomic E-state index is 0.249. The molecule has 1 heterocycles. The maximum atomic E-state index is 12.0. The topological polar surface area (TPSA) is 32.9 Å². The maximum absolute atomic E-state index is 12.0. The zero-order valence-electron chi connectivity index (χ0n) is 9.84. The first-order valence-corrected chi connectivity index (χ1v) is 5.83. The molecule has 1 aromatic carbocycles. The summed E-state index contributed by atoms with van der Waals surface area (Å²) >= 11 is 0. The van der Waals surface area contributed by atoms with E-state index in [4.69, 9.17) is 0 Å². The fourth-order valence-electron chi connectivity index (χ4n) is 1.94. The van der Waals surface area contributed by atoms with Gasteiger partial charge in [0.25, 0.3) is 0 Å². The number of unbranched alkanes of at least 4 members (excludes halogenated alkanes) is 1. The van der Waals surface area contributed by atoms with Gasteiger partial charge in [0.15, 0.2) is 5.78 Å². The molecule has 84 valence electrons. The molecule has 0 aliphatic rings. The number of carbonyl (C=O) groups excluding carboxylic acids is 1. The molecular weight excluding hydrogens is 198 g/mol. The number of nitrogens with one attached hydrogen (secondary N) is 1. The van der Waals surface area contributed by atoms with Crippen molar-refractivity contribution in [2.24, 2.45) is 0 Å². The van der Waals surface area contributed by atoms with E-state index in [9.17, 15) is 4.79 Å². The second-order valence-electron chi connectivity index (χ2n) is 4.28. The van der Waals surface area contributed by atoms with Crippen molar-refractivity contribution >= 4 is 16.7 Å². The number of ketones is 1. The molecule has 0 spiro atoms. The largest absolute Gasteiger partial charge is 0.360 e. The fraction of sp³-hybridized carbons (Fsp3) is 0.357. The Morgan fingerprint density at radius 1 is 1.38 bits per heavy atom. The molecule has 0 aliphatic heterocycles. The monoisotopic (exact) mass is 215 g/mol. The van der Waals surface area contributed by atoms with Gasteiger partial charge in [-0.3, -0.25) is 4.79 Å². The maximum Gasteiger partial charge on any atom is 0.165 e. The number of benzene rings is 1. The Kier molecular flexibility index (Phi) is 3.09. The van der Waals surface area contributed by atoms with E-state index in [-0.39, 0.29) is 5.78 Å². The van der Waals surface area contributed by atoms with Crippen molar-refractivity contribution in [3.8, 4) is 0 Å². The Hall–Kier alpha value is -1.57. The van der Waals surface area contributed by atoms with Crippen LogP contribution in [0.3, 0.4) is 0 Å². The molecule has 0 amide bonds. The molecule has 1 N–H and O–H groups in total. The van der Waals surface area contributed by atoms with Crippen molar-refractivity contribution in [3.05, 3.63) is 35.5 Å². The van der Waals surface area contributed by atoms with Crippen LogP contribution in [0.15, 0.2) is 24.4 Å². The first kappa shape index (κ1) is 10.9. The van der Waals surface area contributed by atoms with Gasteiger partial charge in [-0.15, -0.1) is 0 Å². The summed E-state index contributed by atoms with van der Waals surface area (Å²) in [6, 6.07) is 6.16. The molecule has 2 nitrogen and oxygen atoms in total. The summed E-state index contributed by atoms with van der Waals surface area (Å²) in [6.45, 7) is 4.15. The van der Waals surface area contributed by atoms with Crippen molar-refractivity contribution in [3.63, 3.8) is 0 Å². The lowest BCUT2D eigenvalue weighted by Gasteiger charge is -1.99. The normalized spacial score (nSPS) is 10.9. The molecule has 2 rings (SSSR count). The molecule has 2 aromatic rings. The number of hydrogen-bond acceptors (Lipinski definition) is 1. The molecule has 0 fully saturated rings. The first-order chi connectivity index (χ1) is 7.72. The molecule has 0 radical (unpaired) electrons. The Morgan fingerprint density at radius 3 is 2.94 bits per heavy atom. The van der Waals surface area contributed by atoms with Crippen molar-refractivity contribution in [1.29, 1.82) is 0 Å². The first-order valence-electron chi connectivity index (χ1n) is 5.83. The Balaban J connectivity index is 2.37. The number of aromatic nitrogens is 1. The molecule has 1 aromatic heterocycles. The Labute approximate surface area is 95.7 Å². The van der Waals surface area contributed by atoms with Gasteiger partial charge in [-0.05, 0) is 25.5 Å². The van der Waals surface area contributed by atoms with Crippen LogP contribution >= 0.6 is 0 Å². The highest BCUT2D eigenvalue weighted by Gasteiger charge is 2.11. The number of hydrogen-bond donors (Lipinski definition) is 1. The van der Waals surface area contributed by atoms with E-state index in [2.05, 4.69) is 24.0 Å². The zero-order valence-corrected chi connectivity index (χ0v) is 9.84. The minimum Gasteiger partial charge on any atom is -0.360 e. The highest BCUT2D eigenvalue weighted by Crippen LogP contribution is 2.21. The lowest BCUT2D eigenvalue weighted by molar-refractivity contribution is 0.0981. The predicted octanol–water partition coefficient (Wildman–Crippen LogP) is 3.85. The highest BCUT2D eigenvalue weighted by atomic mass is 16.1. The smallest absolute Gasteiger partial charge is 0.165 e. The SMILES string of the molecule is CCCCC(=O)c1c[nH]c2ccc(C)cc12. The average Bonchev–Trinajstić information content (AvgIpc) is 2.68. The van der Waals surface area contributed by atoms with E-state index in [1.165, 1.54) is 5.56 Å². The van der Waals surface area contributed by atoms with Crippen molar-refractivity contribution in [2.75, 3.05) is 0 Å².